The summed E-state index contributed by atoms with van der Waals surface area (Å²) in [5, 5.41) is 19.3. The molecule has 11 heteroatoms. The number of ether oxygens (including phenoxy) is 3. The van der Waals surface area contributed by atoms with Crippen molar-refractivity contribution in [2.24, 2.45) is 0 Å². The number of rotatable bonds is 11. The van der Waals surface area contributed by atoms with E-state index in [1.807, 2.05) is 23.6 Å². The lowest BCUT2D eigenvalue weighted by molar-refractivity contribution is -0.145. The number of carbonyl (C=O) groups is 2. The average Bonchev–Trinajstić information content (AvgIpc) is 3.25. The van der Waals surface area contributed by atoms with Gasteiger partial charge in [-0.15, -0.1) is 10.2 Å². The third-order valence-corrected chi connectivity index (χ3v) is 5.93. The van der Waals surface area contributed by atoms with Gasteiger partial charge in [-0.3, -0.25) is 0 Å². The molecule has 0 fully saturated rings. The Balaban J connectivity index is 1.86. The number of hydrogen-bond acceptors (Lipinski definition) is 8. The monoisotopic (exact) mass is 517 g/mol. The molecule has 35 heavy (non-hydrogen) atoms. The molecule has 1 aromatic heterocycles. The molecule has 0 aliphatic rings. The molecular weight excluding hydrogens is 494 g/mol. The summed E-state index contributed by atoms with van der Waals surface area (Å²) in [6.45, 7) is 4.17. The molecule has 184 valence electrons. The summed E-state index contributed by atoms with van der Waals surface area (Å²) < 4.78 is 17.5. The van der Waals surface area contributed by atoms with Crippen LogP contribution in [0, 0.1) is 0 Å². The molecule has 3 rings (SSSR count). The maximum Gasteiger partial charge on any atom is 0.344 e. The van der Waals surface area contributed by atoms with Gasteiger partial charge in [0.2, 0.25) is 0 Å². The van der Waals surface area contributed by atoms with Gasteiger partial charge in [-0.25, -0.2) is 9.59 Å². The van der Waals surface area contributed by atoms with Crippen LogP contribution in [0.2, 0.25) is 5.02 Å². The second-order valence-corrected chi connectivity index (χ2v) is 8.42. The Morgan fingerprint density at radius 3 is 2.49 bits per heavy atom. The van der Waals surface area contributed by atoms with Crippen LogP contribution in [-0.2, 0) is 20.9 Å². The predicted octanol–water partition coefficient (Wildman–Crippen LogP) is 4.79. The van der Waals surface area contributed by atoms with E-state index in [0.29, 0.717) is 39.6 Å². The van der Waals surface area contributed by atoms with Gasteiger partial charge >= 0.3 is 11.9 Å². The fraction of sp³-hybridized carbons (Fsp3) is 0.250. The van der Waals surface area contributed by atoms with E-state index in [4.69, 9.17) is 25.8 Å². The number of hydrogen-bond donors (Lipinski definition) is 1. The number of halogens is 1. The molecule has 0 spiro atoms. The minimum atomic E-state index is -1.12. The lowest BCUT2D eigenvalue weighted by Gasteiger charge is -2.11. The number of aliphatic carboxylic acids is 1. The van der Waals surface area contributed by atoms with Gasteiger partial charge in [0.05, 0.1) is 13.7 Å². The van der Waals surface area contributed by atoms with Gasteiger partial charge in [0.15, 0.2) is 29.1 Å². The third kappa shape index (κ3) is 6.77. The van der Waals surface area contributed by atoms with Crippen molar-refractivity contribution in [3.63, 3.8) is 0 Å². The van der Waals surface area contributed by atoms with Gasteiger partial charge in [0.25, 0.3) is 0 Å². The maximum atomic E-state index is 12.0. The van der Waals surface area contributed by atoms with Crippen LogP contribution in [0.5, 0.6) is 11.5 Å². The van der Waals surface area contributed by atoms with Gasteiger partial charge in [0, 0.05) is 17.1 Å². The first kappa shape index (κ1) is 26.1. The first-order valence-electron chi connectivity index (χ1n) is 10.6. The fourth-order valence-electron chi connectivity index (χ4n) is 3.08. The number of carbonyl (C=O) groups excluding carboxylic acids is 1. The Labute approximate surface area is 211 Å². The molecule has 0 saturated heterocycles. The van der Waals surface area contributed by atoms with E-state index in [1.54, 1.807) is 37.3 Å². The van der Waals surface area contributed by atoms with Crippen molar-refractivity contribution in [3.05, 3.63) is 58.0 Å². The molecule has 0 aliphatic heterocycles. The fourth-order valence-corrected chi connectivity index (χ4v) is 4.09. The molecule has 0 unspecified atom stereocenters. The van der Waals surface area contributed by atoms with Crippen LogP contribution in [-0.4, -0.2) is 52.1 Å². The third-order valence-electron chi connectivity index (χ3n) is 4.68. The second kappa shape index (κ2) is 12.3. The Kier molecular flexibility index (Phi) is 9.16. The van der Waals surface area contributed by atoms with E-state index in [1.165, 1.54) is 13.2 Å². The molecular formula is C24H24ClN3O6S. The molecule has 0 aliphatic carbocycles. The second-order valence-electron chi connectivity index (χ2n) is 6.98. The quantitative estimate of drug-likeness (QED) is 0.218. The van der Waals surface area contributed by atoms with Crippen molar-refractivity contribution in [1.82, 2.24) is 14.8 Å². The zero-order valence-electron chi connectivity index (χ0n) is 19.4. The normalized spacial score (nSPS) is 11.3. The van der Waals surface area contributed by atoms with Gasteiger partial charge in [-0.1, -0.05) is 17.7 Å². The number of benzene rings is 2. The Hall–Kier alpha value is -3.50. The molecule has 0 saturated carbocycles. The largest absolute Gasteiger partial charge is 0.493 e. The first-order chi connectivity index (χ1) is 16.9. The minimum Gasteiger partial charge on any atom is -0.493 e. The van der Waals surface area contributed by atoms with Crippen LogP contribution < -0.4 is 9.47 Å². The molecule has 1 N–H and O–H groups in total. The summed E-state index contributed by atoms with van der Waals surface area (Å²) in [6, 6.07) is 12.1. The Morgan fingerprint density at radius 2 is 1.86 bits per heavy atom. The van der Waals surface area contributed by atoms with Crippen LogP contribution in [0.3, 0.4) is 0 Å². The van der Waals surface area contributed by atoms with Crippen molar-refractivity contribution in [2.75, 3.05) is 20.3 Å². The van der Waals surface area contributed by atoms with Crippen molar-refractivity contribution >= 4 is 41.4 Å². The molecule has 0 bridgehead atoms. The lowest BCUT2D eigenvalue weighted by atomic mass is 10.2. The summed E-state index contributed by atoms with van der Waals surface area (Å²) in [5.74, 6) is -0.322. The molecule has 3 aromatic rings. The first-order valence-corrected chi connectivity index (χ1v) is 11.8. The predicted molar refractivity (Wildman–Crippen MR) is 133 cm³/mol. The van der Waals surface area contributed by atoms with Gasteiger partial charge in [-0.2, -0.15) is 0 Å². The van der Waals surface area contributed by atoms with Crippen molar-refractivity contribution in [2.45, 2.75) is 25.5 Å². The highest BCUT2D eigenvalue weighted by atomic mass is 35.5. The highest BCUT2D eigenvalue weighted by Crippen LogP contribution is 2.33. The van der Waals surface area contributed by atoms with E-state index in [2.05, 4.69) is 10.2 Å². The number of carboxylic acid groups (broad SMARTS) is 1. The molecule has 0 atom stereocenters. The van der Waals surface area contributed by atoms with Crippen molar-refractivity contribution in [1.29, 1.82) is 0 Å². The van der Waals surface area contributed by atoms with Gasteiger partial charge in [-0.05, 0) is 73.6 Å². The van der Waals surface area contributed by atoms with E-state index in [0.717, 1.165) is 17.3 Å². The van der Waals surface area contributed by atoms with Crippen LogP contribution in [0.4, 0.5) is 0 Å². The van der Waals surface area contributed by atoms with E-state index in [9.17, 15) is 14.7 Å². The Morgan fingerprint density at radius 1 is 1.11 bits per heavy atom. The topological polar surface area (TPSA) is 113 Å². The van der Waals surface area contributed by atoms with Gasteiger partial charge < -0.3 is 23.9 Å². The van der Waals surface area contributed by atoms with Crippen LogP contribution in [0.1, 0.15) is 19.4 Å². The molecule has 0 radical (unpaired) electrons. The van der Waals surface area contributed by atoms with E-state index >= 15 is 0 Å². The number of esters is 1. The van der Waals surface area contributed by atoms with Crippen molar-refractivity contribution < 1.29 is 28.9 Å². The van der Waals surface area contributed by atoms with E-state index in [-0.39, 0.29) is 18.1 Å². The van der Waals surface area contributed by atoms with Crippen LogP contribution in [0.25, 0.3) is 17.5 Å². The standard InChI is InChI=1S/C24H24ClN3O6S/c1-4-28-22(16-7-9-17(25)10-8-16)26-27-24(28)35-20(23(30)31)13-15-6-11-18(19(12-15)32-3)34-14-21(29)33-5-2/h6-13H,4-5,14H2,1-3H3,(H,30,31)/b20-13-. The molecule has 0 amide bonds. The highest BCUT2D eigenvalue weighted by Gasteiger charge is 2.19. The summed E-state index contributed by atoms with van der Waals surface area (Å²) in [5.41, 5.74) is 1.38. The van der Waals surface area contributed by atoms with Crippen LogP contribution in [0.15, 0.2) is 52.5 Å². The minimum absolute atomic E-state index is 0.0389. The number of thioether (sulfide) groups is 1. The van der Waals surface area contributed by atoms with Crippen molar-refractivity contribution in [3.8, 4) is 22.9 Å². The summed E-state index contributed by atoms with van der Waals surface area (Å²) in [4.78, 5) is 23.6. The summed E-state index contributed by atoms with van der Waals surface area (Å²) >= 11 is 6.97. The number of aromatic nitrogens is 3. The summed E-state index contributed by atoms with van der Waals surface area (Å²) in [6.07, 6.45) is 1.50. The SMILES string of the molecule is CCOC(=O)COc1ccc(/C=C(\Sc2nnc(-c3ccc(Cl)cc3)n2CC)C(=O)O)cc1OC. The molecule has 9 nitrogen and oxygen atoms in total. The molecule has 1 heterocycles. The maximum absolute atomic E-state index is 12.0. The number of nitrogens with zero attached hydrogens (tertiary/aromatic N) is 3. The Bertz CT molecular complexity index is 1230. The number of methoxy groups -OCH3 is 1. The van der Waals surface area contributed by atoms with E-state index < -0.39 is 11.9 Å². The smallest absolute Gasteiger partial charge is 0.344 e. The number of carboxylic acids is 1. The zero-order valence-corrected chi connectivity index (χ0v) is 20.9. The summed E-state index contributed by atoms with van der Waals surface area (Å²) in [7, 11) is 1.45. The average molecular weight is 518 g/mol. The van der Waals surface area contributed by atoms with Crippen LogP contribution >= 0.6 is 23.4 Å². The zero-order chi connectivity index (χ0) is 25.4. The highest BCUT2D eigenvalue weighted by molar-refractivity contribution is 8.04. The molecule has 2 aromatic carbocycles. The van der Waals surface area contributed by atoms with Gasteiger partial charge in [0.1, 0.15) is 4.91 Å². The lowest BCUT2D eigenvalue weighted by Crippen LogP contribution is -2.14.